The summed E-state index contributed by atoms with van der Waals surface area (Å²) in [5, 5.41) is 0. The Morgan fingerprint density at radius 3 is 2.65 bits per heavy atom. The maximum Gasteiger partial charge on any atom is 0.416 e. The van der Waals surface area contributed by atoms with E-state index < -0.39 is 11.7 Å². The van der Waals surface area contributed by atoms with Gasteiger partial charge in [0.1, 0.15) is 0 Å². The van der Waals surface area contributed by atoms with Crippen molar-refractivity contribution in [2.24, 2.45) is 0 Å². The monoisotopic (exact) mass is 328 g/mol. The Kier molecular flexibility index (Phi) is 5.74. The molecule has 0 saturated carbocycles. The summed E-state index contributed by atoms with van der Waals surface area (Å²) < 4.78 is 38.6. The number of benzene rings is 1. The van der Waals surface area contributed by atoms with Gasteiger partial charge in [-0.05, 0) is 64.5 Å². The van der Waals surface area contributed by atoms with E-state index in [2.05, 4.69) is 30.8 Å². The molecule has 0 N–H and O–H groups in total. The van der Waals surface area contributed by atoms with E-state index in [1.54, 1.807) is 6.07 Å². The van der Waals surface area contributed by atoms with E-state index in [-0.39, 0.29) is 5.54 Å². The Labute approximate surface area is 137 Å². The molecule has 0 radical (unpaired) electrons. The summed E-state index contributed by atoms with van der Waals surface area (Å²) in [6.45, 7) is 5.18. The molecule has 0 amide bonds. The second kappa shape index (κ2) is 7.22. The summed E-state index contributed by atoms with van der Waals surface area (Å²) in [6, 6.07) is 5.76. The molecule has 1 aliphatic heterocycles. The summed E-state index contributed by atoms with van der Waals surface area (Å²) in [6.07, 6.45) is -0.436. The molecular weight excluding hydrogens is 301 g/mol. The Hall–Kier alpha value is -1.07. The topological polar surface area (TPSA) is 6.48 Å². The second-order valence-corrected chi connectivity index (χ2v) is 6.78. The third-order valence-electron chi connectivity index (χ3n) is 5.16. The summed E-state index contributed by atoms with van der Waals surface area (Å²) in [5.41, 5.74) is 0.293. The average molecular weight is 328 g/mol. The number of hydrogen-bond acceptors (Lipinski definition) is 2. The molecule has 2 rings (SSSR count). The van der Waals surface area contributed by atoms with Gasteiger partial charge < -0.3 is 4.90 Å². The van der Waals surface area contributed by atoms with Crippen LogP contribution in [0.2, 0.25) is 0 Å². The standard InChI is InChI=1S/C18H27F3N2/c1-4-23(3)17(10-6-12-22(2)14-17)11-9-15-7-5-8-16(13-15)18(19,20)21/h5,7-8,13H,4,6,9-12,14H2,1-3H3/t17-/m0/s1. The molecular formula is C18H27F3N2. The van der Waals surface area contributed by atoms with E-state index in [0.29, 0.717) is 6.42 Å². The average Bonchev–Trinajstić information content (AvgIpc) is 2.51. The van der Waals surface area contributed by atoms with Gasteiger partial charge in [0.15, 0.2) is 0 Å². The van der Waals surface area contributed by atoms with E-state index >= 15 is 0 Å². The first-order valence-corrected chi connectivity index (χ1v) is 8.33. The Morgan fingerprint density at radius 1 is 1.30 bits per heavy atom. The number of likely N-dealkylation sites (tertiary alicyclic amines) is 1. The number of piperidine rings is 1. The molecule has 5 heteroatoms. The molecule has 1 fully saturated rings. The highest BCUT2D eigenvalue weighted by Gasteiger charge is 2.37. The molecule has 0 unspecified atom stereocenters. The van der Waals surface area contributed by atoms with Crippen molar-refractivity contribution in [3.05, 3.63) is 35.4 Å². The SMILES string of the molecule is CCN(C)[C@]1(CCc2cccc(C(F)(F)F)c2)CCCN(C)C1. The van der Waals surface area contributed by atoms with Gasteiger partial charge in [-0.25, -0.2) is 0 Å². The van der Waals surface area contributed by atoms with Crippen LogP contribution in [0.1, 0.15) is 37.3 Å². The summed E-state index contributed by atoms with van der Waals surface area (Å²) in [5.74, 6) is 0. The predicted octanol–water partition coefficient (Wildman–Crippen LogP) is 4.05. The quantitative estimate of drug-likeness (QED) is 0.804. The van der Waals surface area contributed by atoms with Crippen LogP contribution in [0, 0.1) is 0 Å². The minimum absolute atomic E-state index is 0.0655. The fourth-order valence-corrected chi connectivity index (χ4v) is 3.66. The van der Waals surface area contributed by atoms with Gasteiger partial charge in [-0.3, -0.25) is 4.90 Å². The van der Waals surface area contributed by atoms with E-state index in [9.17, 15) is 13.2 Å². The van der Waals surface area contributed by atoms with Crippen LogP contribution in [0.3, 0.4) is 0 Å². The Bertz CT molecular complexity index is 515. The van der Waals surface area contributed by atoms with Crippen LogP contribution in [-0.2, 0) is 12.6 Å². The van der Waals surface area contributed by atoms with E-state index in [1.807, 2.05) is 0 Å². The van der Waals surface area contributed by atoms with Crippen molar-refractivity contribution in [2.75, 3.05) is 33.7 Å². The minimum Gasteiger partial charge on any atom is -0.305 e. The van der Waals surface area contributed by atoms with Crippen molar-refractivity contribution in [2.45, 2.75) is 44.3 Å². The zero-order valence-electron chi connectivity index (χ0n) is 14.3. The number of hydrogen-bond donors (Lipinski definition) is 0. The molecule has 0 bridgehead atoms. The van der Waals surface area contributed by atoms with Crippen LogP contribution >= 0.6 is 0 Å². The molecule has 1 aromatic carbocycles. The number of rotatable bonds is 5. The number of likely N-dealkylation sites (N-methyl/N-ethyl adjacent to an activating group) is 2. The first-order valence-electron chi connectivity index (χ1n) is 8.33. The molecule has 2 nitrogen and oxygen atoms in total. The third kappa shape index (κ3) is 4.48. The second-order valence-electron chi connectivity index (χ2n) is 6.78. The molecule has 0 aliphatic carbocycles. The number of aryl methyl sites for hydroxylation is 1. The fraction of sp³-hybridized carbons (Fsp3) is 0.667. The van der Waals surface area contributed by atoms with Gasteiger partial charge in [-0.15, -0.1) is 0 Å². The van der Waals surface area contributed by atoms with Crippen LogP contribution in [0.5, 0.6) is 0 Å². The minimum atomic E-state index is -4.26. The van der Waals surface area contributed by atoms with Crippen molar-refractivity contribution >= 4 is 0 Å². The molecule has 1 saturated heterocycles. The summed E-state index contributed by atoms with van der Waals surface area (Å²) in [4.78, 5) is 4.71. The van der Waals surface area contributed by atoms with Crippen molar-refractivity contribution in [3.8, 4) is 0 Å². The van der Waals surface area contributed by atoms with Gasteiger partial charge in [0, 0.05) is 12.1 Å². The van der Waals surface area contributed by atoms with E-state index in [0.717, 1.165) is 50.5 Å². The molecule has 0 spiro atoms. The van der Waals surface area contributed by atoms with Gasteiger partial charge in [-0.1, -0.05) is 25.1 Å². The molecule has 0 aromatic heterocycles. The number of alkyl halides is 3. The predicted molar refractivity (Wildman–Crippen MR) is 87.5 cm³/mol. The maximum absolute atomic E-state index is 12.9. The normalized spacial score (nSPS) is 23.4. The summed E-state index contributed by atoms with van der Waals surface area (Å²) >= 11 is 0. The molecule has 1 aliphatic rings. The van der Waals surface area contributed by atoms with Crippen LogP contribution < -0.4 is 0 Å². The lowest BCUT2D eigenvalue weighted by atomic mass is 9.82. The molecule has 23 heavy (non-hydrogen) atoms. The fourth-order valence-electron chi connectivity index (χ4n) is 3.66. The van der Waals surface area contributed by atoms with Crippen molar-refractivity contribution in [1.29, 1.82) is 0 Å². The highest BCUT2D eigenvalue weighted by atomic mass is 19.4. The van der Waals surface area contributed by atoms with Crippen molar-refractivity contribution in [3.63, 3.8) is 0 Å². The Balaban J connectivity index is 2.13. The lowest BCUT2D eigenvalue weighted by Gasteiger charge is -2.47. The van der Waals surface area contributed by atoms with Gasteiger partial charge >= 0.3 is 6.18 Å². The van der Waals surface area contributed by atoms with Crippen LogP contribution in [0.4, 0.5) is 13.2 Å². The van der Waals surface area contributed by atoms with Gasteiger partial charge in [0.05, 0.1) is 5.56 Å². The van der Waals surface area contributed by atoms with E-state index in [4.69, 9.17) is 0 Å². The first kappa shape index (κ1) is 18.3. The Morgan fingerprint density at radius 2 is 2.04 bits per heavy atom. The van der Waals surface area contributed by atoms with Crippen LogP contribution in [0.25, 0.3) is 0 Å². The van der Waals surface area contributed by atoms with Gasteiger partial charge in [0.25, 0.3) is 0 Å². The highest BCUT2D eigenvalue weighted by molar-refractivity contribution is 5.26. The van der Waals surface area contributed by atoms with Crippen molar-refractivity contribution < 1.29 is 13.2 Å². The first-order chi connectivity index (χ1) is 10.8. The lowest BCUT2D eigenvalue weighted by molar-refractivity contribution is -0.137. The molecule has 1 aromatic rings. The summed E-state index contributed by atoms with van der Waals surface area (Å²) in [7, 11) is 4.26. The smallest absolute Gasteiger partial charge is 0.305 e. The van der Waals surface area contributed by atoms with Gasteiger partial charge in [-0.2, -0.15) is 13.2 Å². The number of halogens is 3. The molecule has 1 atom stereocenters. The number of nitrogens with zero attached hydrogens (tertiary/aromatic N) is 2. The highest BCUT2D eigenvalue weighted by Crippen LogP contribution is 2.33. The largest absolute Gasteiger partial charge is 0.416 e. The zero-order chi connectivity index (χ0) is 17.1. The lowest BCUT2D eigenvalue weighted by Crippen LogP contribution is -2.56. The van der Waals surface area contributed by atoms with Crippen LogP contribution in [-0.4, -0.2) is 49.1 Å². The van der Waals surface area contributed by atoms with Crippen molar-refractivity contribution in [1.82, 2.24) is 9.80 Å². The zero-order valence-corrected chi connectivity index (χ0v) is 14.3. The molecule has 130 valence electrons. The van der Waals surface area contributed by atoms with E-state index in [1.165, 1.54) is 12.1 Å². The molecule has 1 heterocycles. The van der Waals surface area contributed by atoms with Crippen LogP contribution in [0.15, 0.2) is 24.3 Å². The maximum atomic E-state index is 12.9. The third-order valence-corrected chi connectivity index (χ3v) is 5.16. The van der Waals surface area contributed by atoms with Gasteiger partial charge in [0.2, 0.25) is 0 Å².